The van der Waals surface area contributed by atoms with Crippen LogP contribution in [0.2, 0.25) is 0 Å². The predicted molar refractivity (Wildman–Crippen MR) is 127 cm³/mol. The van der Waals surface area contributed by atoms with Crippen molar-refractivity contribution >= 4 is 0 Å². The van der Waals surface area contributed by atoms with Crippen LogP contribution in [0.5, 0.6) is 11.5 Å². The number of aliphatic hydroxyl groups excluding tert-OH is 1. The van der Waals surface area contributed by atoms with Crippen molar-refractivity contribution in [3.63, 3.8) is 0 Å². The third kappa shape index (κ3) is 11.2. The molecule has 0 radical (unpaired) electrons. The van der Waals surface area contributed by atoms with Crippen LogP contribution in [0.25, 0.3) is 0 Å². The van der Waals surface area contributed by atoms with E-state index in [0.29, 0.717) is 6.61 Å². The van der Waals surface area contributed by atoms with Gasteiger partial charge in [0.1, 0.15) is 11.5 Å². The summed E-state index contributed by atoms with van der Waals surface area (Å²) in [6.45, 7) is 3.95. The molecule has 0 bridgehead atoms. The van der Waals surface area contributed by atoms with E-state index in [9.17, 15) is 0 Å². The number of ether oxygens (including phenoxy) is 2. The summed E-state index contributed by atoms with van der Waals surface area (Å²) in [6.07, 6.45) is 8.83. The zero-order valence-electron chi connectivity index (χ0n) is 18.7. The lowest BCUT2D eigenvalue weighted by Crippen LogP contribution is -1.97. The van der Waals surface area contributed by atoms with E-state index >= 15 is 0 Å². The molecular weight excluding hydrogens is 384 g/mol. The van der Waals surface area contributed by atoms with Crippen LogP contribution in [0.1, 0.15) is 69.4 Å². The number of benzene rings is 2. The molecule has 0 aliphatic rings. The first kappa shape index (κ1) is 24.4. The highest BCUT2D eigenvalue weighted by molar-refractivity contribution is 5.46. The van der Waals surface area contributed by atoms with Crippen molar-refractivity contribution in [2.45, 2.75) is 58.3 Å². The van der Waals surface area contributed by atoms with Crippen molar-refractivity contribution in [1.82, 2.24) is 0 Å². The molecule has 0 saturated heterocycles. The molecule has 1 N–H and O–H groups in total. The minimum absolute atomic E-state index is 0.272. The van der Waals surface area contributed by atoms with E-state index in [-0.39, 0.29) is 6.61 Å². The second kappa shape index (κ2) is 15.9. The van der Waals surface area contributed by atoms with Crippen molar-refractivity contribution in [2.24, 2.45) is 0 Å². The first-order chi connectivity index (χ1) is 15.3. The molecule has 0 aliphatic heterocycles. The van der Waals surface area contributed by atoms with Gasteiger partial charge in [0.15, 0.2) is 0 Å². The van der Waals surface area contributed by atoms with Crippen LogP contribution in [0.15, 0.2) is 48.5 Å². The van der Waals surface area contributed by atoms with Crippen LogP contribution < -0.4 is 9.47 Å². The first-order valence-corrected chi connectivity index (χ1v) is 11.4. The van der Waals surface area contributed by atoms with Crippen LogP contribution >= 0.6 is 0 Å². The molecule has 0 heterocycles. The van der Waals surface area contributed by atoms with Crippen molar-refractivity contribution in [3.8, 4) is 35.2 Å². The van der Waals surface area contributed by atoms with Crippen LogP contribution in [0.3, 0.4) is 0 Å². The summed E-state index contributed by atoms with van der Waals surface area (Å²) in [7, 11) is 0. The van der Waals surface area contributed by atoms with E-state index < -0.39 is 0 Å². The van der Waals surface area contributed by atoms with E-state index in [1.807, 2.05) is 48.5 Å². The van der Waals surface area contributed by atoms with E-state index in [1.165, 1.54) is 19.3 Å². The molecule has 0 spiro atoms. The lowest BCUT2D eigenvalue weighted by molar-refractivity contribution is 0.273. The van der Waals surface area contributed by atoms with E-state index in [1.54, 1.807) is 0 Å². The van der Waals surface area contributed by atoms with E-state index in [0.717, 1.165) is 61.3 Å². The minimum Gasteiger partial charge on any atom is -0.494 e. The van der Waals surface area contributed by atoms with Gasteiger partial charge in [-0.1, -0.05) is 44.4 Å². The summed E-state index contributed by atoms with van der Waals surface area (Å²) < 4.78 is 11.5. The highest BCUT2D eigenvalue weighted by Gasteiger charge is 1.96. The molecule has 0 saturated carbocycles. The zero-order chi connectivity index (χ0) is 22.0. The van der Waals surface area contributed by atoms with Gasteiger partial charge in [-0.2, -0.15) is 0 Å². The Kier molecular flexibility index (Phi) is 12.5. The fourth-order valence-corrected chi connectivity index (χ4v) is 2.95. The minimum atomic E-state index is 0.272. The van der Waals surface area contributed by atoms with Crippen LogP contribution in [-0.2, 0) is 0 Å². The second-order valence-electron chi connectivity index (χ2n) is 7.44. The van der Waals surface area contributed by atoms with Crippen LogP contribution in [0, 0.1) is 23.7 Å². The smallest absolute Gasteiger partial charge is 0.119 e. The molecule has 0 amide bonds. The van der Waals surface area contributed by atoms with Gasteiger partial charge >= 0.3 is 0 Å². The highest BCUT2D eigenvalue weighted by atomic mass is 16.5. The summed E-state index contributed by atoms with van der Waals surface area (Å²) in [5.41, 5.74) is 1.84. The molecule has 2 aromatic carbocycles. The van der Waals surface area contributed by atoms with Crippen molar-refractivity contribution in [3.05, 3.63) is 59.7 Å². The molecule has 0 aromatic heterocycles. The summed E-state index contributed by atoms with van der Waals surface area (Å²) >= 11 is 0. The standard InChI is InChI=1S/C28H34O3/c1-2-3-4-10-23-30-27-18-14-25(15-19-27)12-7-8-13-26-16-20-28(21-17-26)31-24-11-6-5-9-22-29/h14-21,29H,2-6,9-11,22-24H2,1H3. The number of aliphatic hydroxyl groups is 1. The first-order valence-electron chi connectivity index (χ1n) is 11.4. The lowest BCUT2D eigenvalue weighted by Gasteiger charge is -2.05. The van der Waals surface area contributed by atoms with Crippen molar-refractivity contribution in [1.29, 1.82) is 0 Å². The normalized spacial score (nSPS) is 9.87. The Labute approximate surface area is 187 Å². The SMILES string of the molecule is CCCCCCOc1ccc(C#CC#Cc2ccc(OCCCCCCO)cc2)cc1. The molecule has 164 valence electrons. The van der Waals surface area contributed by atoms with Gasteiger partial charge in [0, 0.05) is 17.7 Å². The predicted octanol–water partition coefficient (Wildman–Crippen LogP) is 5.98. The number of rotatable bonds is 13. The maximum absolute atomic E-state index is 8.76. The molecule has 31 heavy (non-hydrogen) atoms. The molecule has 0 fully saturated rings. The van der Waals surface area contributed by atoms with Crippen LogP contribution in [-0.4, -0.2) is 24.9 Å². The van der Waals surface area contributed by atoms with E-state index in [4.69, 9.17) is 14.6 Å². The largest absolute Gasteiger partial charge is 0.494 e. The highest BCUT2D eigenvalue weighted by Crippen LogP contribution is 2.13. The molecule has 3 heteroatoms. The van der Waals surface area contributed by atoms with Gasteiger partial charge in [-0.25, -0.2) is 0 Å². The fourth-order valence-electron chi connectivity index (χ4n) is 2.95. The van der Waals surface area contributed by atoms with Crippen molar-refractivity contribution in [2.75, 3.05) is 19.8 Å². The van der Waals surface area contributed by atoms with Crippen molar-refractivity contribution < 1.29 is 14.6 Å². The van der Waals surface area contributed by atoms with Crippen LogP contribution in [0.4, 0.5) is 0 Å². The summed E-state index contributed by atoms with van der Waals surface area (Å²) in [6, 6.07) is 15.6. The Morgan fingerprint density at radius 3 is 1.52 bits per heavy atom. The number of hydrogen-bond donors (Lipinski definition) is 1. The van der Waals surface area contributed by atoms with Gasteiger partial charge in [0.25, 0.3) is 0 Å². The Morgan fingerprint density at radius 2 is 1.06 bits per heavy atom. The molecule has 0 aliphatic carbocycles. The third-order valence-electron chi connectivity index (χ3n) is 4.77. The van der Waals surface area contributed by atoms with Gasteiger partial charge < -0.3 is 14.6 Å². The summed E-state index contributed by atoms with van der Waals surface area (Å²) in [5, 5.41) is 8.76. The Hall–Kier alpha value is -2.88. The average Bonchev–Trinajstić information content (AvgIpc) is 2.81. The third-order valence-corrected chi connectivity index (χ3v) is 4.77. The Balaban J connectivity index is 1.72. The monoisotopic (exact) mass is 418 g/mol. The molecule has 2 rings (SSSR count). The average molecular weight is 419 g/mol. The Morgan fingerprint density at radius 1 is 0.613 bits per heavy atom. The molecular formula is C28H34O3. The summed E-state index contributed by atoms with van der Waals surface area (Å²) in [4.78, 5) is 0. The lowest BCUT2D eigenvalue weighted by atomic mass is 10.2. The van der Waals surface area contributed by atoms with E-state index in [2.05, 4.69) is 30.6 Å². The fraction of sp³-hybridized carbons (Fsp3) is 0.429. The molecule has 2 aromatic rings. The zero-order valence-corrected chi connectivity index (χ0v) is 18.7. The summed E-state index contributed by atoms with van der Waals surface area (Å²) in [5.74, 6) is 13.7. The molecule has 0 atom stereocenters. The molecule has 3 nitrogen and oxygen atoms in total. The van der Waals surface area contributed by atoms with Gasteiger partial charge in [-0.05, 0) is 86.1 Å². The number of unbranched alkanes of at least 4 members (excludes halogenated alkanes) is 6. The maximum atomic E-state index is 8.76. The van der Waals surface area contributed by atoms with Gasteiger partial charge in [0.05, 0.1) is 13.2 Å². The van der Waals surface area contributed by atoms with Gasteiger partial charge in [-0.15, -0.1) is 0 Å². The Bertz CT molecular complexity index is 846. The molecule has 0 unspecified atom stereocenters. The topological polar surface area (TPSA) is 38.7 Å². The maximum Gasteiger partial charge on any atom is 0.119 e. The second-order valence-corrected chi connectivity index (χ2v) is 7.44. The van der Waals surface area contributed by atoms with Gasteiger partial charge in [-0.3, -0.25) is 0 Å². The van der Waals surface area contributed by atoms with Gasteiger partial charge in [0.2, 0.25) is 0 Å². The number of hydrogen-bond acceptors (Lipinski definition) is 3. The quantitative estimate of drug-likeness (QED) is 0.321.